The summed E-state index contributed by atoms with van der Waals surface area (Å²) in [6.45, 7) is 3.71. The van der Waals surface area contributed by atoms with Gasteiger partial charge in [-0.25, -0.2) is 9.78 Å². The molecule has 0 fully saturated rings. The van der Waals surface area contributed by atoms with Crippen LogP contribution in [0.3, 0.4) is 0 Å². The molecule has 90 valence electrons. The maximum atomic E-state index is 11.3. The van der Waals surface area contributed by atoms with Crippen LogP contribution in [0.25, 0.3) is 11.5 Å². The zero-order chi connectivity index (χ0) is 12.6. The number of aromatic carboxylic acids is 1. The number of carbonyl (C=O) groups is 1. The number of nitrogens with zero attached hydrogens (tertiary/aromatic N) is 3. The fourth-order valence-corrected chi connectivity index (χ4v) is 1.65. The first-order valence-corrected chi connectivity index (χ1v) is 5.23. The Bertz CT molecular complexity index is 554. The summed E-state index contributed by atoms with van der Waals surface area (Å²) in [5, 5.41) is 13.1. The monoisotopic (exact) mass is 235 g/mol. The van der Waals surface area contributed by atoms with Gasteiger partial charge in [-0.1, -0.05) is 19.0 Å². The zero-order valence-corrected chi connectivity index (χ0v) is 9.84. The van der Waals surface area contributed by atoms with Crippen molar-refractivity contribution in [3.05, 3.63) is 23.7 Å². The second-order valence-corrected chi connectivity index (χ2v) is 4.09. The molecular weight excluding hydrogens is 222 g/mol. The van der Waals surface area contributed by atoms with Gasteiger partial charge in [0.25, 0.3) is 0 Å². The van der Waals surface area contributed by atoms with Gasteiger partial charge in [0.1, 0.15) is 5.56 Å². The van der Waals surface area contributed by atoms with Crippen molar-refractivity contribution in [2.24, 2.45) is 7.05 Å². The Labute approximate surface area is 97.9 Å². The third kappa shape index (κ3) is 1.82. The summed E-state index contributed by atoms with van der Waals surface area (Å²) < 4.78 is 6.82. The molecule has 6 heteroatoms. The van der Waals surface area contributed by atoms with Crippen LogP contribution in [0, 0.1) is 0 Å². The van der Waals surface area contributed by atoms with Crippen LogP contribution in [0.5, 0.6) is 0 Å². The Morgan fingerprint density at radius 3 is 2.71 bits per heavy atom. The molecule has 0 aliphatic rings. The number of hydrogen-bond donors (Lipinski definition) is 1. The van der Waals surface area contributed by atoms with Crippen molar-refractivity contribution in [3.63, 3.8) is 0 Å². The second-order valence-electron chi connectivity index (χ2n) is 4.09. The van der Waals surface area contributed by atoms with Crippen LogP contribution in [0.4, 0.5) is 0 Å². The first kappa shape index (κ1) is 11.4. The van der Waals surface area contributed by atoms with E-state index in [-0.39, 0.29) is 17.2 Å². The highest BCUT2D eigenvalue weighted by Gasteiger charge is 2.27. The van der Waals surface area contributed by atoms with E-state index in [0.29, 0.717) is 11.6 Å². The quantitative estimate of drug-likeness (QED) is 0.878. The van der Waals surface area contributed by atoms with Gasteiger partial charge in [-0.05, 0) is 0 Å². The molecule has 0 spiro atoms. The Morgan fingerprint density at radius 2 is 2.24 bits per heavy atom. The molecule has 0 bridgehead atoms. The number of carboxylic acids is 1. The molecule has 0 unspecified atom stereocenters. The lowest BCUT2D eigenvalue weighted by atomic mass is 10.0. The number of carboxylic acid groups (broad SMARTS) is 1. The van der Waals surface area contributed by atoms with E-state index in [9.17, 15) is 9.90 Å². The van der Waals surface area contributed by atoms with Crippen LogP contribution < -0.4 is 0 Å². The molecule has 0 aromatic carbocycles. The third-order valence-electron chi connectivity index (χ3n) is 2.49. The van der Waals surface area contributed by atoms with E-state index in [1.807, 2.05) is 13.8 Å². The minimum Gasteiger partial charge on any atom is -0.477 e. The summed E-state index contributed by atoms with van der Waals surface area (Å²) in [5.41, 5.74) is 0.364. The van der Waals surface area contributed by atoms with Crippen molar-refractivity contribution in [2.45, 2.75) is 19.8 Å². The lowest BCUT2D eigenvalue weighted by Crippen LogP contribution is -2.04. The maximum Gasteiger partial charge on any atom is 0.341 e. The molecule has 0 radical (unpaired) electrons. The SMILES string of the molecule is CC(C)c1onc(-c2nccn2C)c1C(=O)O. The van der Waals surface area contributed by atoms with Gasteiger partial charge in [0.05, 0.1) is 0 Å². The summed E-state index contributed by atoms with van der Waals surface area (Å²) in [5.74, 6) is -0.232. The Hall–Kier alpha value is -2.11. The van der Waals surface area contributed by atoms with E-state index in [1.165, 1.54) is 0 Å². The largest absolute Gasteiger partial charge is 0.477 e. The lowest BCUT2D eigenvalue weighted by molar-refractivity contribution is 0.0694. The third-order valence-corrected chi connectivity index (χ3v) is 2.49. The van der Waals surface area contributed by atoms with E-state index in [0.717, 1.165) is 0 Å². The molecule has 0 atom stereocenters. The average Bonchev–Trinajstić information content (AvgIpc) is 2.82. The number of rotatable bonds is 3. The fourth-order valence-electron chi connectivity index (χ4n) is 1.65. The predicted molar refractivity (Wildman–Crippen MR) is 59.8 cm³/mol. The topological polar surface area (TPSA) is 81.2 Å². The van der Waals surface area contributed by atoms with Gasteiger partial charge in [-0.15, -0.1) is 0 Å². The van der Waals surface area contributed by atoms with Crippen molar-refractivity contribution in [1.82, 2.24) is 14.7 Å². The Kier molecular flexibility index (Phi) is 2.71. The summed E-state index contributed by atoms with van der Waals surface area (Å²) in [6, 6.07) is 0. The molecule has 2 heterocycles. The van der Waals surface area contributed by atoms with E-state index in [4.69, 9.17) is 4.52 Å². The highest BCUT2D eigenvalue weighted by atomic mass is 16.5. The van der Waals surface area contributed by atoms with Gasteiger partial charge >= 0.3 is 5.97 Å². The minimum atomic E-state index is -1.05. The molecule has 0 aliphatic carbocycles. The minimum absolute atomic E-state index is 0.0392. The van der Waals surface area contributed by atoms with Crippen LogP contribution >= 0.6 is 0 Å². The molecule has 2 aromatic rings. The summed E-state index contributed by atoms with van der Waals surface area (Å²) in [4.78, 5) is 15.4. The molecule has 2 rings (SSSR count). The van der Waals surface area contributed by atoms with Gasteiger partial charge in [-0.2, -0.15) is 0 Å². The molecule has 17 heavy (non-hydrogen) atoms. The average molecular weight is 235 g/mol. The van der Waals surface area contributed by atoms with Gasteiger partial charge in [-0.3, -0.25) is 0 Å². The van der Waals surface area contributed by atoms with Crippen LogP contribution in [0.15, 0.2) is 16.9 Å². The summed E-state index contributed by atoms with van der Waals surface area (Å²) in [6.07, 6.45) is 3.31. The van der Waals surface area contributed by atoms with Crippen molar-refractivity contribution in [2.75, 3.05) is 0 Å². The van der Waals surface area contributed by atoms with Gasteiger partial charge in [0.15, 0.2) is 17.3 Å². The van der Waals surface area contributed by atoms with E-state index >= 15 is 0 Å². The molecule has 2 aromatic heterocycles. The van der Waals surface area contributed by atoms with Crippen molar-refractivity contribution >= 4 is 5.97 Å². The van der Waals surface area contributed by atoms with E-state index in [1.54, 1.807) is 24.0 Å². The van der Waals surface area contributed by atoms with Gasteiger partial charge in [0.2, 0.25) is 0 Å². The fraction of sp³-hybridized carbons (Fsp3) is 0.364. The standard InChI is InChI=1S/C11H13N3O3/c1-6(2)9-7(11(15)16)8(13-17-9)10-12-4-5-14(10)3/h4-6H,1-3H3,(H,15,16). The van der Waals surface area contributed by atoms with Crippen LogP contribution in [0.1, 0.15) is 35.9 Å². The summed E-state index contributed by atoms with van der Waals surface area (Å²) >= 11 is 0. The van der Waals surface area contributed by atoms with E-state index < -0.39 is 5.97 Å². The Balaban J connectivity index is 2.64. The number of aryl methyl sites for hydroxylation is 1. The molecule has 1 N–H and O–H groups in total. The molecule has 0 saturated carbocycles. The first-order chi connectivity index (χ1) is 8.02. The van der Waals surface area contributed by atoms with Crippen LogP contribution in [-0.4, -0.2) is 25.8 Å². The maximum absolute atomic E-state index is 11.3. The van der Waals surface area contributed by atoms with Gasteiger partial charge in [0, 0.05) is 25.4 Å². The zero-order valence-electron chi connectivity index (χ0n) is 9.84. The van der Waals surface area contributed by atoms with Crippen LogP contribution in [-0.2, 0) is 7.05 Å². The van der Waals surface area contributed by atoms with Crippen LogP contribution in [0.2, 0.25) is 0 Å². The molecule has 6 nitrogen and oxygen atoms in total. The predicted octanol–water partition coefficient (Wildman–Crippen LogP) is 1.90. The smallest absolute Gasteiger partial charge is 0.341 e. The first-order valence-electron chi connectivity index (χ1n) is 5.23. The number of aromatic nitrogens is 3. The van der Waals surface area contributed by atoms with Crippen molar-refractivity contribution < 1.29 is 14.4 Å². The molecule has 0 saturated heterocycles. The van der Waals surface area contributed by atoms with E-state index in [2.05, 4.69) is 10.1 Å². The van der Waals surface area contributed by atoms with Crippen molar-refractivity contribution in [1.29, 1.82) is 0 Å². The molecular formula is C11H13N3O3. The van der Waals surface area contributed by atoms with Crippen molar-refractivity contribution in [3.8, 4) is 11.5 Å². The normalized spacial score (nSPS) is 11.1. The highest BCUT2D eigenvalue weighted by molar-refractivity contribution is 5.95. The number of hydrogen-bond acceptors (Lipinski definition) is 4. The molecule has 0 amide bonds. The highest BCUT2D eigenvalue weighted by Crippen LogP contribution is 2.28. The lowest BCUT2D eigenvalue weighted by Gasteiger charge is -2.01. The summed E-state index contributed by atoms with van der Waals surface area (Å²) in [7, 11) is 1.78. The van der Waals surface area contributed by atoms with Gasteiger partial charge < -0.3 is 14.2 Å². The second kappa shape index (κ2) is 4.04. The molecule has 0 aliphatic heterocycles. The Morgan fingerprint density at radius 1 is 1.53 bits per heavy atom. The number of imidazole rings is 1.